The summed E-state index contributed by atoms with van der Waals surface area (Å²) < 4.78 is 0. The molecule has 0 aromatic carbocycles. The standard InChI is InChI=1S/C7H17Si/c1-7(2)6-8(3,4)5/h6H2,1-5H3. The SMILES string of the molecule is C[C](C)C[Si](C)(C)C. The fourth-order valence-corrected chi connectivity index (χ4v) is 3.18. The van der Waals surface area contributed by atoms with E-state index in [0.717, 1.165) is 0 Å². The molecule has 0 aliphatic carbocycles. The van der Waals surface area contributed by atoms with E-state index in [1.165, 1.54) is 6.04 Å². The Balaban J connectivity index is 3.39. The molecule has 0 saturated heterocycles. The lowest BCUT2D eigenvalue weighted by Gasteiger charge is -2.17. The third kappa shape index (κ3) is 6.22. The summed E-state index contributed by atoms with van der Waals surface area (Å²) in [6.45, 7) is 11.6. The van der Waals surface area contributed by atoms with Crippen LogP contribution in [0.5, 0.6) is 0 Å². The van der Waals surface area contributed by atoms with Crippen molar-refractivity contribution in [2.24, 2.45) is 0 Å². The molecule has 0 aliphatic rings. The normalized spacial score (nSPS) is 12.8. The monoisotopic (exact) mass is 129 g/mol. The molecule has 1 radical (unpaired) electrons. The van der Waals surface area contributed by atoms with E-state index in [9.17, 15) is 0 Å². The van der Waals surface area contributed by atoms with Gasteiger partial charge in [0, 0.05) is 8.07 Å². The van der Waals surface area contributed by atoms with Crippen molar-refractivity contribution in [1.82, 2.24) is 0 Å². The molecule has 0 heterocycles. The van der Waals surface area contributed by atoms with E-state index in [4.69, 9.17) is 0 Å². The van der Waals surface area contributed by atoms with E-state index in [1.807, 2.05) is 0 Å². The molecule has 1 heteroatoms. The molecule has 0 bridgehead atoms. The average Bonchev–Trinajstić information content (AvgIpc) is 1.21. The predicted octanol–water partition coefficient (Wildman–Crippen LogP) is 2.94. The molecule has 0 nitrogen and oxygen atoms in total. The van der Waals surface area contributed by atoms with Gasteiger partial charge in [-0.05, 0) is 5.92 Å². The number of hydrogen-bond acceptors (Lipinski definition) is 0. The van der Waals surface area contributed by atoms with Crippen LogP contribution in [0.15, 0.2) is 0 Å². The van der Waals surface area contributed by atoms with Crippen LogP contribution in [0.2, 0.25) is 25.7 Å². The van der Waals surface area contributed by atoms with Crippen molar-refractivity contribution in [3.63, 3.8) is 0 Å². The van der Waals surface area contributed by atoms with Gasteiger partial charge in [0.2, 0.25) is 0 Å². The molecular formula is C7H17Si. The molecule has 0 spiro atoms. The van der Waals surface area contributed by atoms with Crippen molar-refractivity contribution < 1.29 is 0 Å². The van der Waals surface area contributed by atoms with Gasteiger partial charge in [0.15, 0.2) is 0 Å². The van der Waals surface area contributed by atoms with Crippen LogP contribution in [0.25, 0.3) is 0 Å². The summed E-state index contributed by atoms with van der Waals surface area (Å²) in [7, 11) is -0.757. The maximum atomic E-state index is 2.40. The zero-order valence-corrected chi connectivity index (χ0v) is 7.71. The van der Waals surface area contributed by atoms with Crippen LogP contribution in [0.3, 0.4) is 0 Å². The lowest BCUT2D eigenvalue weighted by molar-refractivity contribution is 1.07. The summed E-state index contributed by atoms with van der Waals surface area (Å²) >= 11 is 0. The van der Waals surface area contributed by atoms with Crippen molar-refractivity contribution in [2.75, 3.05) is 0 Å². The van der Waals surface area contributed by atoms with Gasteiger partial charge in [0.1, 0.15) is 0 Å². The lowest BCUT2D eigenvalue weighted by Crippen LogP contribution is -2.20. The highest BCUT2D eigenvalue weighted by atomic mass is 28.3. The van der Waals surface area contributed by atoms with Gasteiger partial charge in [0.05, 0.1) is 0 Å². The molecule has 8 heavy (non-hydrogen) atoms. The summed E-state index contributed by atoms with van der Waals surface area (Å²) in [4.78, 5) is 0. The predicted molar refractivity (Wildman–Crippen MR) is 42.7 cm³/mol. The van der Waals surface area contributed by atoms with Crippen LogP contribution < -0.4 is 0 Å². The molecule has 0 N–H and O–H groups in total. The Morgan fingerprint density at radius 1 is 1.12 bits per heavy atom. The number of hydrogen-bond donors (Lipinski definition) is 0. The summed E-state index contributed by atoms with van der Waals surface area (Å²) in [5, 5.41) is 0. The minimum atomic E-state index is -0.757. The Bertz CT molecular complexity index is 59.3. The van der Waals surface area contributed by atoms with Gasteiger partial charge < -0.3 is 0 Å². The quantitative estimate of drug-likeness (QED) is 0.503. The first-order chi connectivity index (χ1) is 3.42. The Kier molecular flexibility index (Phi) is 2.74. The average molecular weight is 129 g/mol. The molecule has 0 aliphatic heterocycles. The molecule has 0 saturated carbocycles. The Morgan fingerprint density at radius 3 is 1.50 bits per heavy atom. The molecule has 0 unspecified atom stereocenters. The van der Waals surface area contributed by atoms with E-state index in [1.54, 1.807) is 5.92 Å². The first-order valence-corrected chi connectivity index (χ1v) is 6.91. The summed E-state index contributed by atoms with van der Waals surface area (Å²) in [6.07, 6.45) is 0. The summed E-state index contributed by atoms with van der Waals surface area (Å²) in [5.41, 5.74) is 0. The van der Waals surface area contributed by atoms with Crippen LogP contribution >= 0.6 is 0 Å². The zero-order chi connectivity index (χ0) is 6.78. The maximum absolute atomic E-state index is 2.40. The van der Waals surface area contributed by atoms with E-state index < -0.39 is 8.07 Å². The zero-order valence-electron chi connectivity index (χ0n) is 6.71. The molecule has 0 rings (SSSR count). The van der Waals surface area contributed by atoms with Crippen LogP contribution in [0.1, 0.15) is 13.8 Å². The topological polar surface area (TPSA) is 0 Å². The van der Waals surface area contributed by atoms with Crippen LogP contribution in [-0.2, 0) is 0 Å². The van der Waals surface area contributed by atoms with E-state index >= 15 is 0 Å². The van der Waals surface area contributed by atoms with Gasteiger partial charge in [0.25, 0.3) is 0 Å². The van der Waals surface area contributed by atoms with Crippen LogP contribution in [0.4, 0.5) is 0 Å². The van der Waals surface area contributed by atoms with Gasteiger partial charge in [-0.2, -0.15) is 0 Å². The van der Waals surface area contributed by atoms with Gasteiger partial charge in [-0.1, -0.05) is 39.5 Å². The summed E-state index contributed by atoms with van der Waals surface area (Å²) in [5.74, 6) is 1.59. The second-order valence-corrected chi connectivity index (χ2v) is 9.42. The molecule has 0 aromatic heterocycles. The van der Waals surface area contributed by atoms with Crippen molar-refractivity contribution >= 4 is 8.07 Å². The Labute approximate surface area is 54.3 Å². The highest BCUT2D eigenvalue weighted by molar-refractivity contribution is 6.76. The first-order valence-electron chi connectivity index (χ1n) is 3.21. The Morgan fingerprint density at radius 2 is 1.50 bits per heavy atom. The Hall–Kier alpha value is 0.217. The fraction of sp³-hybridized carbons (Fsp3) is 0.857. The van der Waals surface area contributed by atoms with Gasteiger partial charge in [-0.3, -0.25) is 0 Å². The molecule has 0 fully saturated rings. The molecule has 0 amide bonds. The van der Waals surface area contributed by atoms with Crippen LogP contribution in [0, 0.1) is 5.92 Å². The van der Waals surface area contributed by atoms with Gasteiger partial charge in [-0.15, -0.1) is 0 Å². The molecule has 0 atom stereocenters. The summed E-state index contributed by atoms with van der Waals surface area (Å²) in [6, 6.07) is 1.38. The largest absolute Gasteiger partial charge is 0.0695 e. The smallest absolute Gasteiger partial charge is 0.0448 e. The van der Waals surface area contributed by atoms with E-state index in [2.05, 4.69) is 33.5 Å². The minimum absolute atomic E-state index is 0.757. The van der Waals surface area contributed by atoms with Crippen molar-refractivity contribution in [3.8, 4) is 0 Å². The first kappa shape index (κ1) is 8.22. The third-order valence-corrected chi connectivity index (χ3v) is 2.65. The highest BCUT2D eigenvalue weighted by Gasteiger charge is 2.13. The third-order valence-electron chi connectivity index (χ3n) is 0.884. The van der Waals surface area contributed by atoms with E-state index in [-0.39, 0.29) is 0 Å². The maximum Gasteiger partial charge on any atom is 0.0448 e. The number of rotatable bonds is 2. The second kappa shape index (κ2) is 2.67. The van der Waals surface area contributed by atoms with Crippen molar-refractivity contribution in [1.29, 1.82) is 0 Å². The van der Waals surface area contributed by atoms with E-state index in [0.29, 0.717) is 0 Å². The minimum Gasteiger partial charge on any atom is -0.0695 e. The highest BCUT2D eigenvalue weighted by Crippen LogP contribution is 2.16. The van der Waals surface area contributed by atoms with Crippen molar-refractivity contribution in [2.45, 2.75) is 39.5 Å². The van der Waals surface area contributed by atoms with Crippen LogP contribution in [-0.4, -0.2) is 8.07 Å². The van der Waals surface area contributed by atoms with Gasteiger partial charge >= 0.3 is 0 Å². The lowest BCUT2D eigenvalue weighted by atomic mass is 10.3. The molecular weight excluding hydrogens is 112 g/mol. The second-order valence-electron chi connectivity index (χ2n) is 3.94. The van der Waals surface area contributed by atoms with Crippen molar-refractivity contribution in [3.05, 3.63) is 5.92 Å². The fourth-order valence-electron chi connectivity index (χ4n) is 1.06. The molecule has 49 valence electrons. The molecule has 0 aromatic rings. The van der Waals surface area contributed by atoms with Gasteiger partial charge in [-0.25, -0.2) is 0 Å².